The third-order valence-electron chi connectivity index (χ3n) is 4.20. The zero-order valence-corrected chi connectivity index (χ0v) is 15.9. The van der Waals surface area contributed by atoms with Crippen molar-refractivity contribution in [3.8, 4) is 0 Å². The van der Waals surface area contributed by atoms with E-state index in [1.807, 2.05) is 0 Å². The Kier molecular flexibility index (Phi) is 5.11. The summed E-state index contributed by atoms with van der Waals surface area (Å²) in [6.07, 6.45) is 1.80. The molecule has 6 nitrogen and oxygen atoms in total. The van der Waals surface area contributed by atoms with Crippen molar-refractivity contribution < 1.29 is 13.2 Å². The number of piperazine rings is 1. The highest BCUT2D eigenvalue weighted by atomic mass is 35.5. The summed E-state index contributed by atoms with van der Waals surface area (Å²) in [4.78, 5) is 14.1. The maximum absolute atomic E-state index is 12.8. The number of carbonyl (C=O) groups is 1. The minimum Gasteiger partial charge on any atom is -0.347 e. The van der Waals surface area contributed by atoms with Crippen LogP contribution in [0.4, 0.5) is 0 Å². The Hall–Kier alpha value is -1.54. The predicted octanol–water partition coefficient (Wildman–Crippen LogP) is 2.48. The molecule has 9 heteroatoms. The number of amides is 1. The van der Waals surface area contributed by atoms with Gasteiger partial charge in [0, 0.05) is 44.4 Å². The lowest BCUT2D eigenvalue weighted by Gasteiger charge is -2.34. The molecule has 1 aliphatic heterocycles. The largest absolute Gasteiger partial charge is 0.347 e. The van der Waals surface area contributed by atoms with Gasteiger partial charge in [-0.15, -0.1) is 0 Å². The van der Waals surface area contributed by atoms with Crippen molar-refractivity contribution in [3.63, 3.8) is 0 Å². The highest BCUT2D eigenvalue weighted by Gasteiger charge is 2.32. The number of carbonyl (C=O) groups excluding carboxylic acids is 1. The first-order valence-corrected chi connectivity index (χ1v) is 9.86. The molecule has 25 heavy (non-hydrogen) atoms. The molecule has 3 rings (SSSR count). The first-order chi connectivity index (χ1) is 11.8. The van der Waals surface area contributed by atoms with Crippen molar-refractivity contribution in [2.24, 2.45) is 7.05 Å². The molecule has 2 heterocycles. The Bertz CT molecular complexity index is 903. The fourth-order valence-corrected chi connectivity index (χ4v) is 4.95. The van der Waals surface area contributed by atoms with E-state index in [4.69, 9.17) is 23.2 Å². The number of aromatic nitrogens is 1. The third kappa shape index (κ3) is 3.55. The molecule has 0 aliphatic carbocycles. The summed E-state index contributed by atoms with van der Waals surface area (Å²) in [5.74, 6) is -0.106. The average molecular weight is 402 g/mol. The summed E-state index contributed by atoms with van der Waals surface area (Å²) < 4.78 is 28.7. The van der Waals surface area contributed by atoms with Gasteiger partial charge in [-0.1, -0.05) is 23.2 Å². The minimum atomic E-state index is -3.75. The molecule has 0 bridgehead atoms. The fraction of sp³-hybridized carbons (Fsp3) is 0.312. The highest BCUT2D eigenvalue weighted by molar-refractivity contribution is 7.89. The van der Waals surface area contributed by atoms with E-state index >= 15 is 0 Å². The van der Waals surface area contributed by atoms with Crippen LogP contribution < -0.4 is 0 Å². The second-order valence-electron chi connectivity index (χ2n) is 5.78. The SMILES string of the molecule is Cn1cccc1C(=O)N1CCN(S(=O)(=O)c2cc(Cl)ccc2Cl)CC1. The number of hydrogen-bond acceptors (Lipinski definition) is 3. The van der Waals surface area contributed by atoms with E-state index in [0.717, 1.165) is 0 Å². The lowest BCUT2D eigenvalue weighted by molar-refractivity contribution is 0.0688. The van der Waals surface area contributed by atoms with Gasteiger partial charge < -0.3 is 9.47 Å². The van der Waals surface area contributed by atoms with Crippen molar-refractivity contribution in [2.75, 3.05) is 26.2 Å². The van der Waals surface area contributed by atoms with Gasteiger partial charge in [-0.05, 0) is 30.3 Å². The van der Waals surface area contributed by atoms with Crippen LogP contribution in [0.3, 0.4) is 0 Å². The molecule has 1 fully saturated rings. The van der Waals surface area contributed by atoms with E-state index in [2.05, 4.69) is 0 Å². The Morgan fingerprint density at radius 3 is 2.36 bits per heavy atom. The van der Waals surface area contributed by atoms with Gasteiger partial charge >= 0.3 is 0 Å². The number of aryl methyl sites for hydroxylation is 1. The Morgan fingerprint density at radius 2 is 1.76 bits per heavy atom. The zero-order chi connectivity index (χ0) is 18.2. The molecule has 1 aromatic carbocycles. The first-order valence-electron chi connectivity index (χ1n) is 7.66. The van der Waals surface area contributed by atoms with Crippen molar-refractivity contribution >= 4 is 39.1 Å². The number of sulfonamides is 1. The van der Waals surface area contributed by atoms with Gasteiger partial charge in [0.25, 0.3) is 5.91 Å². The van der Waals surface area contributed by atoms with E-state index < -0.39 is 10.0 Å². The van der Waals surface area contributed by atoms with Gasteiger partial charge in [0.15, 0.2) is 0 Å². The summed E-state index contributed by atoms with van der Waals surface area (Å²) in [6, 6.07) is 7.90. The van der Waals surface area contributed by atoms with Crippen LogP contribution in [0.2, 0.25) is 10.0 Å². The number of hydrogen-bond donors (Lipinski definition) is 0. The Morgan fingerprint density at radius 1 is 1.08 bits per heavy atom. The van der Waals surface area contributed by atoms with Crippen LogP contribution in [0.5, 0.6) is 0 Å². The standard InChI is InChI=1S/C16H17Cl2N3O3S/c1-19-6-2-3-14(19)16(22)20-7-9-21(10-8-20)25(23,24)15-11-12(17)4-5-13(15)18/h2-6,11H,7-10H2,1H3. The molecular formula is C16H17Cl2N3O3S. The van der Waals surface area contributed by atoms with Crippen LogP contribution >= 0.6 is 23.2 Å². The van der Waals surface area contributed by atoms with Gasteiger partial charge in [-0.3, -0.25) is 4.79 Å². The molecule has 0 atom stereocenters. The molecule has 0 unspecified atom stereocenters. The van der Waals surface area contributed by atoms with Crippen LogP contribution in [0.15, 0.2) is 41.4 Å². The minimum absolute atomic E-state index is 0.0103. The van der Waals surface area contributed by atoms with Crippen LogP contribution in [0.1, 0.15) is 10.5 Å². The number of halogens is 2. The lowest BCUT2D eigenvalue weighted by atomic mass is 10.3. The van der Waals surface area contributed by atoms with Gasteiger partial charge in [0.05, 0.1) is 5.02 Å². The Labute approximate surface area is 156 Å². The van der Waals surface area contributed by atoms with Gasteiger partial charge in [-0.2, -0.15) is 4.31 Å². The lowest BCUT2D eigenvalue weighted by Crippen LogP contribution is -2.50. The average Bonchev–Trinajstić information content (AvgIpc) is 3.02. The quantitative estimate of drug-likeness (QED) is 0.793. The summed E-state index contributed by atoms with van der Waals surface area (Å²) in [5, 5.41) is 0.437. The molecule has 0 saturated carbocycles. The highest BCUT2D eigenvalue weighted by Crippen LogP contribution is 2.28. The van der Waals surface area contributed by atoms with Crippen molar-refractivity contribution in [3.05, 3.63) is 52.3 Å². The fourth-order valence-electron chi connectivity index (χ4n) is 2.79. The molecule has 1 amide bonds. The molecule has 0 radical (unpaired) electrons. The van der Waals surface area contributed by atoms with Gasteiger partial charge in [-0.25, -0.2) is 8.42 Å². The van der Waals surface area contributed by atoms with Gasteiger partial charge in [0.2, 0.25) is 10.0 Å². The van der Waals surface area contributed by atoms with E-state index in [9.17, 15) is 13.2 Å². The molecular weight excluding hydrogens is 385 g/mol. The summed E-state index contributed by atoms with van der Waals surface area (Å²) in [5.41, 5.74) is 0.578. The smallest absolute Gasteiger partial charge is 0.270 e. The molecule has 2 aromatic rings. The topological polar surface area (TPSA) is 62.6 Å². The van der Waals surface area contributed by atoms with E-state index in [1.54, 1.807) is 40.9 Å². The zero-order valence-electron chi connectivity index (χ0n) is 13.5. The maximum atomic E-state index is 12.8. The van der Waals surface area contributed by atoms with E-state index in [-0.39, 0.29) is 28.9 Å². The molecule has 0 spiro atoms. The third-order valence-corrected chi connectivity index (χ3v) is 6.82. The Balaban J connectivity index is 1.74. The van der Waals surface area contributed by atoms with Crippen molar-refractivity contribution in [2.45, 2.75) is 4.90 Å². The van der Waals surface area contributed by atoms with Crippen LogP contribution in [-0.2, 0) is 17.1 Å². The van der Waals surface area contributed by atoms with E-state index in [1.165, 1.54) is 16.4 Å². The van der Waals surface area contributed by atoms with Gasteiger partial charge in [0.1, 0.15) is 10.6 Å². The predicted molar refractivity (Wildman–Crippen MR) is 96.5 cm³/mol. The number of nitrogens with zero attached hydrogens (tertiary/aromatic N) is 3. The second-order valence-corrected chi connectivity index (χ2v) is 8.53. The van der Waals surface area contributed by atoms with E-state index in [0.29, 0.717) is 23.8 Å². The summed E-state index contributed by atoms with van der Waals surface area (Å²) in [6.45, 7) is 1.06. The monoisotopic (exact) mass is 401 g/mol. The maximum Gasteiger partial charge on any atom is 0.270 e. The second kappa shape index (κ2) is 6.99. The molecule has 1 saturated heterocycles. The number of rotatable bonds is 3. The molecule has 1 aromatic heterocycles. The van der Waals surface area contributed by atoms with Crippen LogP contribution in [-0.4, -0.2) is 54.3 Å². The van der Waals surface area contributed by atoms with Crippen molar-refractivity contribution in [1.29, 1.82) is 0 Å². The summed E-state index contributed by atoms with van der Waals surface area (Å²) >= 11 is 11.9. The van der Waals surface area contributed by atoms with Crippen LogP contribution in [0, 0.1) is 0 Å². The normalized spacial score (nSPS) is 16.2. The van der Waals surface area contributed by atoms with Crippen molar-refractivity contribution in [1.82, 2.24) is 13.8 Å². The van der Waals surface area contributed by atoms with Crippen LogP contribution in [0.25, 0.3) is 0 Å². The molecule has 134 valence electrons. The summed E-state index contributed by atoms with van der Waals surface area (Å²) in [7, 11) is -1.95. The molecule has 0 N–H and O–H groups in total. The molecule has 1 aliphatic rings. The first kappa shape index (κ1) is 18.3. The number of benzene rings is 1.